The summed E-state index contributed by atoms with van der Waals surface area (Å²) in [7, 11) is 0. The van der Waals surface area contributed by atoms with Crippen LogP contribution in [0.4, 0.5) is 0 Å². The van der Waals surface area contributed by atoms with Crippen molar-refractivity contribution >= 4 is 16.8 Å². The molecule has 0 N–H and O–H groups in total. The molecule has 5 nitrogen and oxygen atoms in total. The van der Waals surface area contributed by atoms with Crippen LogP contribution in [0, 0.1) is 5.21 Å². The van der Waals surface area contributed by atoms with E-state index in [0.29, 0.717) is 16.6 Å². The Kier molecular flexibility index (Phi) is 4.97. The van der Waals surface area contributed by atoms with E-state index in [1.165, 1.54) is 0 Å². The molecule has 0 saturated heterocycles. The highest BCUT2D eigenvalue weighted by Crippen LogP contribution is 2.20. The number of hydrogen-bond donors (Lipinski definition) is 0. The number of para-hydroxylation sites is 2. The molecule has 0 aliphatic rings. The number of nitrogens with zero attached hydrogens (tertiary/aromatic N) is 2. The molecule has 1 heterocycles. The van der Waals surface area contributed by atoms with Crippen LogP contribution in [0.15, 0.2) is 84.9 Å². The van der Waals surface area contributed by atoms with Gasteiger partial charge < -0.3 is 9.94 Å². The molecule has 0 saturated carbocycles. The Morgan fingerprint density at radius 1 is 0.893 bits per heavy atom. The predicted octanol–water partition coefficient (Wildman–Crippen LogP) is 3.87. The topological polar surface area (TPSA) is 66.1 Å². The Labute approximate surface area is 162 Å². The summed E-state index contributed by atoms with van der Waals surface area (Å²) >= 11 is 0. The monoisotopic (exact) mass is 370 g/mol. The molecule has 0 aliphatic carbocycles. The molecule has 0 fully saturated rings. The molecule has 1 aromatic heterocycles. The number of ketones is 1. The third-order valence-electron chi connectivity index (χ3n) is 4.46. The number of Topliss-reactive ketones (excluding diaryl/α,β-unsaturated/α-hetero) is 1. The van der Waals surface area contributed by atoms with E-state index < -0.39 is 0 Å². The third-order valence-corrected chi connectivity index (χ3v) is 4.46. The van der Waals surface area contributed by atoms with Gasteiger partial charge in [-0.2, -0.15) is 4.73 Å². The van der Waals surface area contributed by atoms with Gasteiger partial charge in [0.05, 0.1) is 0 Å². The average Bonchev–Trinajstić information content (AvgIpc) is 2.76. The van der Waals surface area contributed by atoms with E-state index in [-0.39, 0.29) is 30.4 Å². The Balaban J connectivity index is 1.71. The van der Waals surface area contributed by atoms with Gasteiger partial charge in [-0.05, 0) is 11.6 Å². The summed E-state index contributed by atoms with van der Waals surface area (Å²) in [6.45, 7) is 0.263. The van der Waals surface area contributed by atoms with E-state index in [9.17, 15) is 10.0 Å². The minimum atomic E-state index is -0.160. The highest BCUT2D eigenvalue weighted by molar-refractivity contribution is 5.97. The molecule has 4 aromatic rings. The molecular formula is C23H18N2O3. The minimum absolute atomic E-state index is 0.0878. The second-order valence-electron chi connectivity index (χ2n) is 6.39. The lowest BCUT2D eigenvalue weighted by molar-refractivity contribution is -0.586. The fraction of sp³-hybridized carbons (Fsp3) is 0.0870. The number of carbonyl (C=O) groups is 1. The molecule has 0 amide bonds. The van der Waals surface area contributed by atoms with Gasteiger partial charge in [0.15, 0.2) is 5.78 Å². The second-order valence-corrected chi connectivity index (χ2v) is 6.39. The lowest BCUT2D eigenvalue weighted by Crippen LogP contribution is -2.35. The largest absolute Gasteiger partial charge is 0.618 e. The second kappa shape index (κ2) is 7.88. The summed E-state index contributed by atoms with van der Waals surface area (Å²) in [6, 6.07) is 25.5. The minimum Gasteiger partial charge on any atom is -0.618 e. The van der Waals surface area contributed by atoms with Gasteiger partial charge in [-0.15, -0.1) is 0 Å². The molecule has 0 radical (unpaired) electrons. The normalized spacial score (nSPS) is 10.7. The molecule has 0 unspecified atom stereocenters. The maximum atomic E-state index is 13.0. The highest BCUT2D eigenvalue weighted by Gasteiger charge is 2.24. The van der Waals surface area contributed by atoms with E-state index in [4.69, 9.17) is 4.74 Å². The molecule has 0 bridgehead atoms. The lowest BCUT2D eigenvalue weighted by atomic mass is 10.1. The van der Waals surface area contributed by atoms with Crippen molar-refractivity contribution in [2.45, 2.75) is 13.0 Å². The van der Waals surface area contributed by atoms with Crippen LogP contribution in [-0.2, 0) is 13.0 Å². The van der Waals surface area contributed by atoms with Gasteiger partial charge in [0.2, 0.25) is 5.52 Å². The number of fused-ring (bicyclic) bond motifs is 1. The van der Waals surface area contributed by atoms with Gasteiger partial charge in [-0.25, -0.2) is 4.98 Å². The van der Waals surface area contributed by atoms with Crippen LogP contribution in [0.25, 0.3) is 11.0 Å². The number of aromatic nitrogens is 2. The first-order chi connectivity index (χ1) is 13.7. The van der Waals surface area contributed by atoms with Crippen molar-refractivity contribution in [2.75, 3.05) is 0 Å². The summed E-state index contributed by atoms with van der Waals surface area (Å²) in [6.07, 6.45) is -0.0878. The van der Waals surface area contributed by atoms with E-state index in [2.05, 4.69) is 4.98 Å². The average molecular weight is 370 g/mol. The zero-order chi connectivity index (χ0) is 19.3. The van der Waals surface area contributed by atoms with Crippen LogP contribution in [0.2, 0.25) is 0 Å². The molecule has 28 heavy (non-hydrogen) atoms. The van der Waals surface area contributed by atoms with Crippen LogP contribution >= 0.6 is 0 Å². The summed E-state index contributed by atoms with van der Waals surface area (Å²) in [4.78, 5) is 17.2. The van der Waals surface area contributed by atoms with Crippen molar-refractivity contribution in [3.63, 3.8) is 0 Å². The summed E-state index contributed by atoms with van der Waals surface area (Å²) in [5.41, 5.74) is 2.64. The predicted molar refractivity (Wildman–Crippen MR) is 106 cm³/mol. The molecule has 3 aromatic carbocycles. The number of carbonyl (C=O) groups excluding carboxylic acids is 1. The smallest absolute Gasteiger partial charge is 0.286 e. The van der Waals surface area contributed by atoms with Crippen molar-refractivity contribution in [3.05, 3.63) is 107 Å². The van der Waals surface area contributed by atoms with Crippen molar-refractivity contribution in [3.8, 4) is 5.88 Å². The fourth-order valence-electron chi connectivity index (χ4n) is 3.00. The highest BCUT2D eigenvalue weighted by atomic mass is 16.5. The van der Waals surface area contributed by atoms with Crippen LogP contribution in [-0.4, -0.2) is 10.8 Å². The number of benzene rings is 3. The van der Waals surface area contributed by atoms with Gasteiger partial charge >= 0.3 is 0 Å². The molecule has 5 heteroatoms. The van der Waals surface area contributed by atoms with E-state index in [1.54, 1.807) is 42.5 Å². The molecule has 138 valence electrons. The standard InChI is InChI=1S/C23H18N2O3/c26-22(18-11-5-2-6-12-18)15-21-23(28-16-17-9-3-1-4-10-17)24-19-13-7-8-14-20(19)25(21)27/h1-14H,15-16H2. The third kappa shape index (κ3) is 3.69. The Morgan fingerprint density at radius 2 is 1.54 bits per heavy atom. The SMILES string of the molecule is O=C(Cc1c(OCc2ccccc2)nc2ccccc2[n+]1[O-])c1ccccc1. The Bertz CT molecular complexity index is 1110. The first-order valence-corrected chi connectivity index (χ1v) is 8.98. The number of rotatable bonds is 6. The molecule has 0 spiro atoms. The van der Waals surface area contributed by atoms with Gasteiger partial charge in [-0.1, -0.05) is 72.8 Å². The van der Waals surface area contributed by atoms with Crippen LogP contribution < -0.4 is 9.47 Å². The van der Waals surface area contributed by atoms with Gasteiger partial charge in [0.1, 0.15) is 18.5 Å². The zero-order valence-corrected chi connectivity index (χ0v) is 15.1. The maximum absolute atomic E-state index is 13.0. The van der Waals surface area contributed by atoms with Crippen LogP contribution in [0.1, 0.15) is 21.6 Å². The molecular weight excluding hydrogens is 352 g/mol. The van der Waals surface area contributed by atoms with Gasteiger partial charge in [-0.3, -0.25) is 4.79 Å². The van der Waals surface area contributed by atoms with E-state index >= 15 is 0 Å². The number of ether oxygens (including phenoxy) is 1. The molecule has 4 rings (SSSR count). The van der Waals surface area contributed by atoms with Crippen LogP contribution in [0.5, 0.6) is 5.88 Å². The van der Waals surface area contributed by atoms with Crippen molar-refractivity contribution in [1.82, 2.24) is 4.98 Å². The summed E-state index contributed by atoms with van der Waals surface area (Å²) in [5, 5.41) is 13.0. The van der Waals surface area contributed by atoms with Gasteiger partial charge in [0.25, 0.3) is 11.6 Å². The van der Waals surface area contributed by atoms with E-state index in [0.717, 1.165) is 10.3 Å². The fourth-order valence-corrected chi connectivity index (χ4v) is 3.00. The quantitative estimate of drug-likeness (QED) is 0.294. The van der Waals surface area contributed by atoms with Crippen molar-refractivity contribution in [2.24, 2.45) is 0 Å². The van der Waals surface area contributed by atoms with Crippen molar-refractivity contribution in [1.29, 1.82) is 0 Å². The van der Waals surface area contributed by atoms with Crippen molar-refractivity contribution < 1.29 is 14.3 Å². The zero-order valence-electron chi connectivity index (χ0n) is 15.1. The Hall–Kier alpha value is -3.73. The molecule has 0 atom stereocenters. The first kappa shape index (κ1) is 17.7. The van der Waals surface area contributed by atoms with E-state index in [1.807, 2.05) is 42.5 Å². The van der Waals surface area contributed by atoms with Gasteiger partial charge in [0, 0.05) is 11.6 Å². The Morgan fingerprint density at radius 3 is 2.29 bits per heavy atom. The molecule has 0 aliphatic heterocycles. The first-order valence-electron chi connectivity index (χ1n) is 8.98. The van der Waals surface area contributed by atoms with Crippen LogP contribution in [0.3, 0.4) is 0 Å². The summed E-state index contributed by atoms with van der Waals surface area (Å²) in [5.74, 6) is 0.0219. The maximum Gasteiger partial charge on any atom is 0.286 e. The number of hydrogen-bond acceptors (Lipinski definition) is 4. The lowest BCUT2D eigenvalue weighted by Gasteiger charge is -2.12. The summed E-state index contributed by atoms with van der Waals surface area (Å²) < 4.78 is 6.62.